The number of nitrogens with one attached hydrogen (secondary N) is 1. The van der Waals surface area contributed by atoms with E-state index in [1.807, 2.05) is 24.6 Å². The van der Waals surface area contributed by atoms with Gasteiger partial charge in [0.25, 0.3) is 5.91 Å². The highest BCUT2D eigenvalue weighted by Gasteiger charge is 2.47. The number of carbonyl (C=O) groups excluding carboxylic acids is 1. The van der Waals surface area contributed by atoms with Gasteiger partial charge in [-0.3, -0.25) is 9.59 Å². The third-order valence-electron chi connectivity index (χ3n) is 3.85. The Bertz CT molecular complexity index is 569. The maximum atomic E-state index is 12.4. The SMILES string of the molecule is CC(C)n1cc(Br)cc1C(=O)NC1COCC1(C)C(=O)O. The summed E-state index contributed by atoms with van der Waals surface area (Å²) >= 11 is 3.36. The van der Waals surface area contributed by atoms with Crippen LogP contribution in [0.3, 0.4) is 0 Å². The molecule has 2 atom stereocenters. The Kier molecular flexibility index (Phi) is 4.43. The van der Waals surface area contributed by atoms with Gasteiger partial charge in [-0.05, 0) is 42.8 Å². The van der Waals surface area contributed by atoms with E-state index in [0.29, 0.717) is 5.69 Å². The van der Waals surface area contributed by atoms with Gasteiger partial charge < -0.3 is 19.7 Å². The number of nitrogens with zero attached hydrogens (tertiary/aromatic N) is 1. The lowest BCUT2D eigenvalue weighted by atomic mass is 9.85. The maximum absolute atomic E-state index is 12.4. The zero-order valence-electron chi connectivity index (χ0n) is 12.2. The lowest BCUT2D eigenvalue weighted by Gasteiger charge is -2.25. The average Bonchev–Trinajstić information content (AvgIpc) is 2.95. The molecular formula is C14H19BrN2O4. The molecule has 0 aromatic carbocycles. The van der Waals surface area contributed by atoms with Crippen molar-refractivity contribution in [3.8, 4) is 0 Å². The molecule has 0 spiro atoms. The third kappa shape index (κ3) is 2.98. The van der Waals surface area contributed by atoms with E-state index in [1.54, 1.807) is 13.0 Å². The molecule has 7 heteroatoms. The van der Waals surface area contributed by atoms with Gasteiger partial charge in [0.15, 0.2) is 0 Å². The smallest absolute Gasteiger partial charge is 0.313 e. The van der Waals surface area contributed by atoms with Crippen molar-refractivity contribution >= 4 is 27.8 Å². The number of ether oxygens (including phenoxy) is 1. The summed E-state index contributed by atoms with van der Waals surface area (Å²) < 4.78 is 7.89. The molecule has 0 aliphatic carbocycles. The van der Waals surface area contributed by atoms with Gasteiger partial charge in [0.05, 0.1) is 19.3 Å². The highest BCUT2D eigenvalue weighted by atomic mass is 79.9. The van der Waals surface area contributed by atoms with Gasteiger partial charge in [-0.1, -0.05) is 0 Å². The molecule has 2 rings (SSSR count). The van der Waals surface area contributed by atoms with Crippen molar-refractivity contribution in [2.75, 3.05) is 13.2 Å². The molecule has 1 aliphatic heterocycles. The number of aliphatic carboxylic acids is 1. The molecule has 2 heterocycles. The molecule has 1 amide bonds. The molecule has 1 aliphatic rings. The molecule has 1 aromatic heterocycles. The van der Waals surface area contributed by atoms with Crippen LogP contribution in [0.1, 0.15) is 37.3 Å². The topological polar surface area (TPSA) is 80.6 Å². The zero-order chi connectivity index (χ0) is 15.8. The second-order valence-electron chi connectivity index (χ2n) is 5.81. The first kappa shape index (κ1) is 16.0. The Hall–Kier alpha value is -1.34. The number of rotatable bonds is 4. The van der Waals surface area contributed by atoms with Crippen LogP contribution in [-0.4, -0.2) is 40.8 Å². The maximum Gasteiger partial charge on any atom is 0.313 e. The van der Waals surface area contributed by atoms with E-state index >= 15 is 0 Å². The molecule has 0 saturated carbocycles. The van der Waals surface area contributed by atoms with Crippen molar-refractivity contribution in [3.63, 3.8) is 0 Å². The largest absolute Gasteiger partial charge is 0.481 e. The lowest BCUT2D eigenvalue weighted by Crippen LogP contribution is -2.50. The van der Waals surface area contributed by atoms with Gasteiger partial charge in [0.2, 0.25) is 0 Å². The molecule has 1 saturated heterocycles. The Morgan fingerprint density at radius 2 is 2.24 bits per heavy atom. The summed E-state index contributed by atoms with van der Waals surface area (Å²) in [5.74, 6) is -1.26. The summed E-state index contributed by atoms with van der Waals surface area (Å²) in [4.78, 5) is 23.8. The van der Waals surface area contributed by atoms with E-state index in [2.05, 4.69) is 21.2 Å². The van der Waals surface area contributed by atoms with Crippen molar-refractivity contribution < 1.29 is 19.4 Å². The highest BCUT2D eigenvalue weighted by molar-refractivity contribution is 9.10. The van der Waals surface area contributed by atoms with E-state index < -0.39 is 17.4 Å². The van der Waals surface area contributed by atoms with Crippen LogP contribution in [0.4, 0.5) is 0 Å². The van der Waals surface area contributed by atoms with E-state index in [9.17, 15) is 14.7 Å². The molecule has 1 fully saturated rings. The predicted molar refractivity (Wildman–Crippen MR) is 80.3 cm³/mol. The van der Waals surface area contributed by atoms with Crippen LogP contribution in [0.5, 0.6) is 0 Å². The lowest BCUT2D eigenvalue weighted by molar-refractivity contribution is -0.148. The molecule has 21 heavy (non-hydrogen) atoms. The number of carboxylic acid groups (broad SMARTS) is 1. The minimum atomic E-state index is -1.10. The summed E-state index contributed by atoms with van der Waals surface area (Å²) in [5.41, 5.74) is -0.598. The first-order valence-electron chi connectivity index (χ1n) is 6.75. The Morgan fingerprint density at radius 1 is 1.57 bits per heavy atom. The van der Waals surface area contributed by atoms with Crippen molar-refractivity contribution in [1.29, 1.82) is 0 Å². The summed E-state index contributed by atoms with van der Waals surface area (Å²) in [6.45, 7) is 5.84. The number of carboxylic acids is 1. The van der Waals surface area contributed by atoms with Crippen molar-refractivity contribution in [3.05, 3.63) is 22.4 Å². The Balaban J connectivity index is 2.21. The van der Waals surface area contributed by atoms with Crippen LogP contribution >= 0.6 is 15.9 Å². The van der Waals surface area contributed by atoms with Crippen molar-refractivity contribution in [1.82, 2.24) is 9.88 Å². The standard InChI is InChI=1S/C14H19BrN2O4/c1-8(2)17-5-9(15)4-10(17)12(18)16-11-6-21-7-14(11,3)13(19)20/h4-5,8,11H,6-7H2,1-3H3,(H,16,18)(H,19,20). The number of aromatic nitrogens is 1. The molecule has 116 valence electrons. The molecule has 2 N–H and O–H groups in total. The van der Waals surface area contributed by atoms with E-state index in [1.165, 1.54) is 0 Å². The van der Waals surface area contributed by atoms with Gasteiger partial charge in [-0.2, -0.15) is 0 Å². The quantitative estimate of drug-likeness (QED) is 0.862. The highest BCUT2D eigenvalue weighted by Crippen LogP contribution is 2.29. The Morgan fingerprint density at radius 3 is 2.81 bits per heavy atom. The fourth-order valence-corrected chi connectivity index (χ4v) is 2.81. The second kappa shape index (κ2) is 5.81. The van der Waals surface area contributed by atoms with Crippen LogP contribution in [0.25, 0.3) is 0 Å². The second-order valence-corrected chi connectivity index (χ2v) is 6.72. The zero-order valence-corrected chi connectivity index (χ0v) is 13.8. The molecule has 0 radical (unpaired) electrons. The van der Waals surface area contributed by atoms with Gasteiger partial charge in [0.1, 0.15) is 11.1 Å². The fraction of sp³-hybridized carbons (Fsp3) is 0.571. The first-order chi connectivity index (χ1) is 9.75. The normalized spacial score (nSPS) is 25.3. The van der Waals surface area contributed by atoms with Crippen molar-refractivity contribution in [2.45, 2.75) is 32.9 Å². The summed E-state index contributed by atoms with van der Waals surface area (Å²) in [6, 6.07) is 1.31. The van der Waals surface area contributed by atoms with E-state index in [4.69, 9.17) is 4.74 Å². The molecule has 6 nitrogen and oxygen atoms in total. The van der Waals surface area contributed by atoms with Gasteiger partial charge in [-0.25, -0.2) is 0 Å². The van der Waals surface area contributed by atoms with Gasteiger partial charge >= 0.3 is 5.97 Å². The summed E-state index contributed by atoms with van der Waals surface area (Å²) in [7, 11) is 0. The van der Waals surface area contributed by atoms with Crippen LogP contribution in [0.2, 0.25) is 0 Å². The number of hydrogen-bond donors (Lipinski definition) is 2. The first-order valence-corrected chi connectivity index (χ1v) is 7.54. The minimum absolute atomic E-state index is 0.0994. The summed E-state index contributed by atoms with van der Waals surface area (Å²) in [5, 5.41) is 12.1. The van der Waals surface area contributed by atoms with Crippen LogP contribution in [-0.2, 0) is 9.53 Å². The predicted octanol–water partition coefficient (Wildman–Crippen LogP) is 2.05. The van der Waals surface area contributed by atoms with Crippen LogP contribution in [0, 0.1) is 5.41 Å². The molecular weight excluding hydrogens is 340 g/mol. The monoisotopic (exact) mass is 358 g/mol. The van der Waals surface area contributed by atoms with Gasteiger partial charge in [-0.15, -0.1) is 0 Å². The number of hydrogen-bond acceptors (Lipinski definition) is 3. The number of carbonyl (C=O) groups is 2. The fourth-order valence-electron chi connectivity index (χ4n) is 2.37. The van der Waals surface area contributed by atoms with E-state index in [0.717, 1.165) is 4.47 Å². The number of amides is 1. The average molecular weight is 359 g/mol. The number of halogens is 1. The Labute approximate surface area is 131 Å². The van der Waals surface area contributed by atoms with Crippen LogP contribution < -0.4 is 5.32 Å². The molecule has 1 aromatic rings. The third-order valence-corrected chi connectivity index (χ3v) is 4.29. The van der Waals surface area contributed by atoms with E-state index in [-0.39, 0.29) is 25.2 Å². The van der Waals surface area contributed by atoms with Crippen molar-refractivity contribution in [2.24, 2.45) is 5.41 Å². The molecule has 2 unspecified atom stereocenters. The minimum Gasteiger partial charge on any atom is -0.481 e. The molecule has 0 bridgehead atoms. The van der Waals surface area contributed by atoms with Crippen LogP contribution in [0.15, 0.2) is 16.7 Å². The van der Waals surface area contributed by atoms with Gasteiger partial charge in [0, 0.05) is 16.7 Å². The summed E-state index contributed by atoms with van der Waals surface area (Å²) in [6.07, 6.45) is 1.83.